The Morgan fingerprint density at radius 3 is 2.65 bits per heavy atom. The maximum Gasteiger partial charge on any atom is 0.138 e. The molecule has 2 N–H and O–H groups in total. The Morgan fingerprint density at radius 2 is 2.00 bits per heavy atom. The second-order valence-electron chi connectivity index (χ2n) is 4.07. The van der Waals surface area contributed by atoms with Crippen LogP contribution in [0.5, 0.6) is 0 Å². The topological polar surface area (TPSA) is 56.7 Å². The molecule has 1 heterocycles. The number of nitrogens with zero attached hydrogens (tertiary/aromatic N) is 3. The molecular formula is C12H16N4S. The molecule has 0 unspecified atom stereocenters. The molecule has 2 aromatic rings. The molecule has 17 heavy (non-hydrogen) atoms. The first-order chi connectivity index (χ1) is 8.16. The van der Waals surface area contributed by atoms with E-state index in [1.165, 1.54) is 4.90 Å². The van der Waals surface area contributed by atoms with Gasteiger partial charge in [0.05, 0.1) is 5.75 Å². The van der Waals surface area contributed by atoms with Gasteiger partial charge in [-0.15, -0.1) is 11.8 Å². The minimum absolute atomic E-state index is 0.347. The smallest absolute Gasteiger partial charge is 0.138 e. The summed E-state index contributed by atoms with van der Waals surface area (Å²) in [4.78, 5) is 5.47. The number of rotatable bonds is 4. The molecule has 0 spiro atoms. The molecule has 0 amide bonds. The lowest BCUT2D eigenvalue weighted by Gasteiger charge is -2.08. The molecule has 0 aliphatic carbocycles. The largest absolute Gasteiger partial charge is 0.399 e. The fourth-order valence-electron chi connectivity index (χ4n) is 1.52. The molecule has 0 aliphatic rings. The van der Waals surface area contributed by atoms with E-state index in [0.717, 1.165) is 17.3 Å². The molecule has 0 aliphatic heterocycles. The van der Waals surface area contributed by atoms with Gasteiger partial charge < -0.3 is 5.73 Å². The molecule has 5 heteroatoms. The molecule has 90 valence electrons. The van der Waals surface area contributed by atoms with Crippen molar-refractivity contribution >= 4 is 17.4 Å². The highest BCUT2D eigenvalue weighted by Crippen LogP contribution is 2.23. The number of nitrogens with two attached hydrogens (primary N) is 1. The van der Waals surface area contributed by atoms with E-state index in [0.29, 0.717) is 6.04 Å². The lowest BCUT2D eigenvalue weighted by molar-refractivity contribution is 0.514. The van der Waals surface area contributed by atoms with Gasteiger partial charge in [0.15, 0.2) is 0 Å². The number of anilines is 1. The maximum absolute atomic E-state index is 5.65. The molecule has 4 nitrogen and oxygen atoms in total. The molecule has 1 aromatic carbocycles. The molecule has 2 rings (SSSR count). The third-order valence-corrected chi connectivity index (χ3v) is 3.39. The normalized spacial score (nSPS) is 11.0. The van der Waals surface area contributed by atoms with Crippen LogP contribution in [0.4, 0.5) is 5.69 Å². The Labute approximate surface area is 105 Å². The van der Waals surface area contributed by atoms with Crippen molar-refractivity contribution in [1.82, 2.24) is 14.8 Å². The summed E-state index contributed by atoms with van der Waals surface area (Å²) in [6.45, 7) is 4.21. The lowest BCUT2D eigenvalue weighted by Crippen LogP contribution is -2.07. The van der Waals surface area contributed by atoms with Gasteiger partial charge in [0.1, 0.15) is 12.2 Å². The van der Waals surface area contributed by atoms with Gasteiger partial charge in [-0.05, 0) is 38.1 Å². The van der Waals surface area contributed by atoms with Crippen LogP contribution >= 0.6 is 11.8 Å². The Bertz CT molecular complexity index is 476. The summed E-state index contributed by atoms with van der Waals surface area (Å²) in [5.74, 6) is 1.82. The number of thioether (sulfide) groups is 1. The van der Waals surface area contributed by atoms with E-state index in [-0.39, 0.29) is 0 Å². The zero-order valence-corrected chi connectivity index (χ0v) is 10.8. The Morgan fingerprint density at radius 1 is 1.29 bits per heavy atom. The third-order valence-electron chi connectivity index (χ3n) is 2.38. The van der Waals surface area contributed by atoms with Crippen LogP contribution in [-0.4, -0.2) is 14.8 Å². The van der Waals surface area contributed by atoms with Gasteiger partial charge in [0, 0.05) is 16.6 Å². The van der Waals surface area contributed by atoms with Crippen molar-refractivity contribution in [2.45, 2.75) is 30.5 Å². The Balaban J connectivity index is 2.02. The van der Waals surface area contributed by atoms with Crippen LogP contribution in [0, 0.1) is 0 Å². The van der Waals surface area contributed by atoms with E-state index < -0.39 is 0 Å². The number of aromatic nitrogens is 3. The van der Waals surface area contributed by atoms with Crippen molar-refractivity contribution in [3.63, 3.8) is 0 Å². The van der Waals surface area contributed by atoms with Crippen LogP contribution in [0.3, 0.4) is 0 Å². The van der Waals surface area contributed by atoms with E-state index in [1.807, 2.05) is 28.9 Å². The van der Waals surface area contributed by atoms with Gasteiger partial charge in [0.25, 0.3) is 0 Å². The fourth-order valence-corrected chi connectivity index (χ4v) is 2.35. The van der Waals surface area contributed by atoms with Gasteiger partial charge in [-0.1, -0.05) is 0 Å². The van der Waals surface area contributed by atoms with Crippen LogP contribution in [0.25, 0.3) is 0 Å². The molecule has 0 atom stereocenters. The summed E-state index contributed by atoms with van der Waals surface area (Å²) < 4.78 is 1.95. The van der Waals surface area contributed by atoms with E-state index in [4.69, 9.17) is 5.73 Å². The molecule has 0 saturated carbocycles. The summed E-state index contributed by atoms with van der Waals surface area (Å²) in [6.07, 6.45) is 1.61. The molecule has 0 saturated heterocycles. The third kappa shape index (κ3) is 3.00. The highest BCUT2D eigenvalue weighted by atomic mass is 32.2. The predicted octanol–water partition coefficient (Wildman–Crippen LogP) is 2.73. The highest BCUT2D eigenvalue weighted by molar-refractivity contribution is 7.98. The van der Waals surface area contributed by atoms with Gasteiger partial charge in [-0.2, -0.15) is 5.10 Å². The van der Waals surface area contributed by atoms with Gasteiger partial charge >= 0.3 is 0 Å². The van der Waals surface area contributed by atoms with Crippen LogP contribution in [-0.2, 0) is 5.75 Å². The van der Waals surface area contributed by atoms with Gasteiger partial charge in [0.2, 0.25) is 0 Å². The van der Waals surface area contributed by atoms with Crippen molar-refractivity contribution in [1.29, 1.82) is 0 Å². The zero-order chi connectivity index (χ0) is 12.3. The first kappa shape index (κ1) is 12.0. The quantitative estimate of drug-likeness (QED) is 0.667. The van der Waals surface area contributed by atoms with Crippen molar-refractivity contribution in [2.24, 2.45) is 0 Å². The van der Waals surface area contributed by atoms with E-state index in [9.17, 15) is 0 Å². The van der Waals surface area contributed by atoms with Crippen LogP contribution < -0.4 is 5.73 Å². The molecular weight excluding hydrogens is 232 g/mol. The molecule has 0 radical (unpaired) electrons. The van der Waals surface area contributed by atoms with E-state index in [1.54, 1.807) is 18.1 Å². The van der Waals surface area contributed by atoms with Crippen molar-refractivity contribution in [3.8, 4) is 0 Å². The van der Waals surface area contributed by atoms with Crippen molar-refractivity contribution < 1.29 is 0 Å². The van der Waals surface area contributed by atoms with E-state index in [2.05, 4.69) is 23.9 Å². The fraction of sp³-hybridized carbons (Fsp3) is 0.333. The molecule has 0 fully saturated rings. The summed E-state index contributed by atoms with van der Waals surface area (Å²) >= 11 is 1.74. The zero-order valence-electron chi connectivity index (χ0n) is 10.00. The monoisotopic (exact) mass is 248 g/mol. The second-order valence-corrected chi connectivity index (χ2v) is 5.12. The first-order valence-corrected chi connectivity index (χ1v) is 6.52. The maximum atomic E-state index is 5.65. The molecule has 1 aromatic heterocycles. The van der Waals surface area contributed by atoms with Gasteiger partial charge in [-0.3, -0.25) is 0 Å². The second kappa shape index (κ2) is 5.23. The van der Waals surface area contributed by atoms with E-state index >= 15 is 0 Å². The average Bonchev–Trinajstić information content (AvgIpc) is 2.76. The number of hydrogen-bond acceptors (Lipinski definition) is 4. The first-order valence-electron chi connectivity index (χ1n) is 5.53. The number of benzene rings is 1. The minimum Gasteiger partial charge on any atom is -0.399 e. The summed E-state index contributed by atoms with van der Waals surface area (Å²) in [5, 5.41) is 4.21. The SMILES string of the molecule is CC(C)n1ncnc1CSc1ccc(N)cc1. The highest BCUT2D eigenvalue weighted by Gasteiger charge is 2.07. The van der Waals surface area contributed by atoms with Crippen molar-refractivity contribution in [3.05, 3.63) is 36.4 Å². The summed E-state index contributed by atoms with van der Waals surface area (Å²) in [7, 11) is 0. The standard InChI is InChI=1S/C12H16N4S/c1-9(2)16-12(14-8-15-16)7-17-11-5-3-10(13)4-6-11/h3-6,8-9H,7,13H2,1-2H3. The lowest BCUT2D eigenvalue weighted by atomic mass is 10.3. The number of nitrogen functional groups attached to an aromatic ring is 1. The minimum atomic E-state index is 0.347. The summed E-state index contributed by atoms with van der Waals surface area (Å²) in [6, 6.07) is 8.22. The predicted molar refractivity (Wildman–Crippen MR) is 70.8 cm³/mol. The average molecular weight is 248 g/mol. The Kier molecular flexibility index (Phi) is 3.68. The van der Waals surface area contributed by atoms with Crippen molar-refractivity contribution in [2.75, 3.05) is 5.73 Å². The number of hydrogen-bond donors (Lipinski definition) is 1. The van der Waals surface area contributed by atoms with Crippen LogP contribution in [0.15, 0.2) is 35.5 Å². The summed E-state index contributed by atoms with van der Waals surface area (Å²) in [5.41, 5.74) is 6.44. The van der Waals surface area contributed by atoms with Crippen LogP contribution in [0.2, 0.25) is 0 Å². The van der Waals surface area contributed by atoms with Gasteiger partial charge in [-0.25, -0.2) is 9.67 Å². The molecule has 0 bridgehead atoms. The van der Waals surface area contributed by atoms with Crippen LogP contribution in [0.1, 0.15) is 25.7 Å². The Hall–Kier alpha value is -1.49.